The van der Waals surface area contributed by atoms with Gasteiger partial charge >= 0.3 is 0 Å². The number of aryl methyl sites for hydroxylation is 2. The van der Waals surface area contributed by atoms with Gasteiger partial charge in [-0.15, -0.1) is 0 Å². The van der Waals surface area contributed by atoms with Gasteiger partial charge in [-0.3, -0.25) is 4.68 Å². The molecule has 0 amide bonds. The molecule has 22 heavy (non-hydrogen) atoms. The van der Waals surface area contributed by atoms with Crippen LogP contribution in [0.2, 0.25) is 0 Å². The zero-order valence-electron chi connectivity index (χ0n) is 14.3. The molecule has 120 valence electrons. The number of nitrogens with one attached hydrogen (secondary N) is 1. The molecule has 0 aliphatic heterocycles. The molecule has 0 saturated heterocycles. The van der Waals surface area contributed by atoms with Crippen LogP contribution < -0.4 is 10.1 Å². The average molecular weight is 302 g/mol. The molecule has 0 aliphatic rings. The number of hydrogen-bond acceptors (Lipinski definition) is 4. The van der Waals surface area contributed by atoms with E-state index >= 15 is 0 Å². The highest BCUT2D eigenvalue weighted by atomic mass is 16.5. The van der Waals surface area contributed by atoms with Crippen LogP contribution in [0.3, 0.4) is 0 Å². The Hall–Kier alpha value is -2.01. The molecule has 2 aromatic rings. The lowest BCUT2D eigenvalue weighted by atomic mass is 10.1. The summed E-state index contributed by atoms with van der Waals surface area (Å²) < 4.78 is 7.15. The molecule has 0 fully saturated rings. The van der Waals surface area contributed by atoms with E-state index in [9.17, 15) is 0 Å². The maximum atomic E-state index is 5.23. The lowest BCUT2D eigenvalue weighted by Crippen LogP contribution is -2.27. The normalized spacial score (nSPS) is 12.5. The van der Waals surface area contributed by atoms with E-state index in [1.54, 1.807) is 7.11 Å². The van der Waals surface area contributed by atoms with E-state index in [4.69, 9.17) is 4.74 Å². The third-order valence-electron chi connectivity index (χ3n) is 4.11. The van der Waals surface area contributed by atoms with Crippen molar-refractivity contribution in [1.82, 2.24) is 14.7 Å². The Morgan fingerprint density at radius 3 is 2.32 bits per heavy atom. The number of likely N-dealkylation sites (N-methyl/N-ethyl adjacent to an activating group) is 1. The van der Waals surface area contributed by atoms with E-state index in [-0.39, 0.29) is 6.04 Å². The van der Waals surface area contributed by atoms with Crippen molar-refractivity contribution < 1.29 is 4.74 Å². The van der Waals surface area contributed by atoms with Crippen LogP contribution in [-0.4, -0.2) is 42.4 Å². The molecule has 1 atom stereocenters. The van der Waals surface area contributed by atoms with E-state index in [0.29, 0.717) is 0 Å². The summed E-state index contributed by atoms with van der Waals surface area (Å²) in [6.07, 6.45) is 0. The zero-order valence-corrected chi connectivity index (χ0v) is 14.3. The van der Waals surface area contributed by atoms with Gasteiger partial charge in [-0.25, -0.2) is 0 Å². The SMILES string of the molecule is COc1ccc(C(CNc2c(C)nn(C)c2C)N(C)C)cc1. The molecule has 5 nitrogen and oxygen atoms in total. The first-order chi connectivity index (χ1) is 10.4. The molecule has 1 aromatic heterocycles. The van der Waals surface area contributed by atoms with Gasteiger partial charge < -0.3 is 15.0 Å². The summed E-state index contributed by atoms with van der Waals surface area (Å²) >= 11 is 0. The van der Waals surface area contributed by atoms with Gasteiger partial charge in [0.25, 0.3) is 0 Å². The molecule has 0 bridgehead atoms. The fourth-order valence-electron chi connectivity index (χ4n) is 2.65. The Morgan fingerprint density at radius 1 is 1.23 bits per heavy atom. The van der Waals surface area contributed by atoms with Gasteiger partial charge in [0, 0.05) is 13.6 Å². The van der Waals surface area contributed by atoms with E-state index in [0.717, 1.165) is 29.4 Å². The number of nitrogens with zero attached hydrogens (tertiary/aromatic N) is 3. The Bertz CT molecular complexity index is 616. The maximum Gasteiger partial charge on any atom is 0.118 e. The molecule has 1 N–H and O–H groups in total. The third kappa shape index (κ3) is 3.42. The standard InChI is InChI=1S/C17H26N4O/c1-12-17(13(2)21(5)19-12)18-11-16(20(3)4)14-7-9-15(22-6)10-8-14/h7-10,16,18H,11H2,1-6H3. The number of benzene rings is 1. The van der Waals surface area contributed by atoms with Crippen LogP contribution in [0.5, 0.6) is 5.75 Å². The largest absolute Gasteiger partial charge is 0.497 e. The Labute approximate surface area is 132 Å². The minimum atomic E-state index is 0.282. The van der Waals surface area contributed by atoms with Gasteiger partial charge in [0.05, 0.1) is 30.2 Å². The smallest absolute Gasteiger partial charge is 0.118 e. The Balaban J connectivity index is 2.15. The predicted molar refractivity (Wildman–Crippen MR) is 90.6 cm³/mol. The van der Waals surface area contributed by atoms with Gasteiger partial charge in [-0.1, -0.05) is 12.1 Å². The third-order valence-corrected chi connectivity index (χ3v) is 4.11. The van der Waals surface area contributed by atoms with Crippen LogP contribution in [0.15, 0.2) is 24.3 Å². The summed E-state index contributed by atoms with van der Waals surface area (Å²) in [7, 11) is 7.85. The van der Waals surface area contributed by atoms with Crippen molar-refractivity contribution in [2.75, 3.05) is 33.1 Å². The second-order valence-corrected chi connectivity index (χ2v) is 5.80. The minimum absolute atomic E-state index is 0.282. The number of methoxy groups -OCH3 is 1. The van der Waals surface area contributed by atoms with Crippen LogP contribution in [0, 0.1) is 13.8 Å². The molecule has 1 heterocycles. The van der Waals surface area contributed by atoms with Gasteiger partial charge in [-0.2, -0.15) is 5.10 Å². The summed E-state index contributed by atoms with van der Waals surface area (Å²) in [6.45, 7) is 4.94. The summed E-state index contributed by atoms with van der Waals surface area (Å²) in [5, 5.41) is 8.01. The van der Waals surface area contributed by atoms with Crippen molar-refractivity contribution in [3.05, 3.63) is 41.2 Å². The number of ether oxygens (including phenoxy) is 1. The van der Waals surface area contributed by atoms with E-state index < -0.39 is 0 Å². The van der Waals surface area contributed by atoms with Crippen molar-refractivity contribution >= 4 is 5.69 Å². The maximum absolute atomic E-state index is 5.23. The lowest BCUT2D eigenvalue weighted by Gasteiger charge is -2.26. The number of aromatic nitrogens is 2. The predicted octanol–water partition coefficient (Wildman–Crippen LogP) is 2.76. The van der Waals surface area contributed by atoms with Crippen LogP contribution in [-0.2, 0) is 7.05 Å². The summed E-state index contributed by atoms with van der Waals surface area (Å²) in [6, 6.07) is 8.53. The van der Waals surface area contributed by atoms with Crippen LogP contribution in [0.25, 0.3) is 0 Å². The number of hydrogen-bond donors (Lipinski definition) is 1. The van der Waals surface area contributed by atoms with Gasteiger partial charge in [0.2, 0.25) is 0 Å². The lowest BCUT2D eigenvalue weighted by molar-refractivity contribution is 0.311. The molecule has 0 spiro atoms. The second kappa shape index (κ2) is 6.83. The average Bonchev–Trinajstić information content (AvgIpc) is 2.73. The molecule has 0 aliphatic carbocycles. The molecular formula is C17H26N4O. The topological polar surface area (TPSA) is 42.3 Å². The van der Waals surface area contributed by atoms with Crippen molar-refractivity contribution in [3.63, 3.8) is 0 Å². The Kier molecular flexibility index (Phi) is 5.08. The minimum Gasteiger partial charge on any atom is -0.497 e. The summed E-state index contributed by atoms with van der Waals surface area (Å²) in [5.41, 5.74) is 4.58. The fraction of sp³-hybridized carbons (Fsp3) is 0.471. The van der Waals surface area contributed by atoms with Crippen molar-refractivity contribution in [1.29, 1.82) is 0 Å². The van der Waals surface area contributed by atoms with Crippen molar-refractivity contribution in [2.45, 2.75) is 19.9 Å². The van der Waals surface area contributed by atoms with Gasteiger partial charge in [0.1, 0.15) is 5.75 Å². The van der Waals surface area contributed by atoms with Crippen molar-refractivity contribution in [2.24, 2.45) is 7.05 Å². The van der Waals surface area contributed by atoms with Gasteiger partial charge in [-0.05, 0) is 45.6 Å². The van der Waals surface area contributed by atoms with E-state index in [1.165, 1.54) is 5.56 Å². The number of rotatable bonds is 6. The molecular weight excluding hydrogens is 276 g/mol. The first-order valence-electron chi connectivity index (χ1n) is 7.48. The van der Waals surface area contributed by atoms with Crippen molar-refractivity contribution in [3.8, 4) is 5.75 Å². The zero-order chi connectivity index (χ0) is 16.3. The first kappa shape index (κ1) is 16.4. The highest BCUT2D eigenvalue weighted by Crippen LogP contribution is 2.24. The number of anilines is 1. The van der Waals surface area contributed by atoms with Gasteiger partial charge in [0.15, 0.2) is 0 Å². The highest BCUT2D eigenvalue weighted by Gasteiger charge is 2.16. The van der Waals surface area contributed by atoms with Crippen LogP contribution in [0.4, 0.5) is 5.69 Å². The molecule has 1 unspecified atom stereocenters. The van der Waals surface area contributed by atoms with E-state index in [1.807, 2.05) is 30.8 Å². The highest BCUT2D eigenvalue weighted by molar-refractivity contribution is 5.52. The molecule has 2 rings (SSSR count). The quantitative estimate of drug-likeness (QED) is 0.891. The Morgan fingerprint density at radius 2 is 1.86 bits per heavy atom. The molecule has 5 heteroatoms. The van der Waals surface area contributed by atoms with Crippen LogP contribution in [0.1, 0.15) is 23.0 Å². The second-order valence-electron chi connectivity index (χ2n) is 5.80. The summed E-state index contributed by atoms with van der Waals surface area (Å²) in [5.74, 6) is 0.883. The molecule has 0 saturated carbocycles. The molecule has 1 aromatic carbocycles. The monoisotopic (exact) mass is 302 g/mol. The van der Waals surface area contributed by atoms with E-state index in [2.05, 4.69) is 48.5 Å². The fourth-order valence-corrected chi connectivity index (χ4v) is 2.65. The molecule has 0 radical (unpaired) electrons. The first-order valence-corrected chi connectivity index (χ1v) is 7.48. The summed E-state index contributed by atoms with van der Waals surface area (Å²) in [4.78, 5) is 2.22. The van der Waals surface area contributed by atoms with Crippen LogP contribution >= 0.6 is 0 Å².